The van der Waals surface area contributed by atoms with Crippen molar-refractivity contribution >= 4 is 98.2 Å². The molecule has 4 amide bonds. The van der Waals surface area contributed by atoms with Gasteiger partial charge in [0.1, 0.15) is 6.61 Å². The second-order valence-corrected chi connectivity index (χ2v) is 24.6. The number of rotatable bonds is 10. The van der Waals surface area contributed by atoms with E-state index in [1.165, 1.54) is 6.92 Å². The molecule has 414 valence electrons. The van der Waals surface area contributed by atoms with Gasteiger partial charge in [-0.25, -0.2) is 9.97 Å². The Hall–Kier alpha value is -9.17. The SMILES string of the molecule is CC(=O)OCC1=Cc2nc1c(-c1ccccc1NC(=O)C(C)(C)C)c1ccc([nH]1)c(-c1ccccc1NC(=O)C(C)(C)C)c1nc(c(-c3ccccc3NC(=O)C(C)(C)C)c3ccc([nH]3)c2-c2ccccc2NC(=O)C(C)(C)C)C=C1. The van der Waals surface area contributed by atoms with E-state index < -0.39 is 27.6 Å². The highest BCUT2D eigenvalue weighted by Gasteiger charge is 2.30. The van der Waals surface area contributed by atoms with Crippen LogP contribution in [0.3, 0.4) is 0 Å². The van der Waals surface area contributed by atoms with E-state index in [1.807, 2.05) is 223 Å². The standard InChI is InChI=1S/C67H70N8O6/c1-38(76)81-37-39-36-54-57(42-24-16-20-28-46(42)74-62(79)66(8,9)10)52-33-32-50(69-52)55(40-22-14-18-26-44(40)72-60(77)64(2,3)4)48-30-31-49(68-48)56(41-23-15-19-27-45(41)73-61(78)65(5,6)7)51-34-35-53(70-51)58(59(39)71-54)43-25-17-21-29-47(43)75-63(80)67(11,12)13/h14-36,69-70H,37H2,1-13H3,(H,72,77)(H,73,78)(H,74,79)(H,75,80). The van der Waals surface area contributed by atoms with Crippen molar-refractivity contribution in [2.75, 3.05) is 27.9 Å². The van der Waals surface area contributed by atoms with E-state index in [0.29, 0.717) is 118 Å². The summed E-state index contributed by atoms with van der Waals surface area (Å²) in [4.78, 5) is 87.2. The van der Waals surface area contributed by atoms with Gasteiger partial charge < -0.3 is 36.0 Å². The second kappa shape index (κ2) is 21.8. The number of carbonyl (C=O) groups is 5. The Morgan fingerprint density at radius 1 is 0.407 bits per heavy atom. The predicted molar refractivity (Wildman–Crippen MR) is 329 cm³/mol. The Kier molecular flexibility index (Phi) is 15.2. The molecule has 6 N–H and O–H groups in total. The number of aromatic amines is 2. The van der Waals surface area contributed by atoms with Gasteiger partial charge in [-0.1, -0.05) is 156 Å². The summed E-state index contributed by atoms with van der Waals surface area (Å²) in [5, 5.41) is 12.8. The number of amides is 4. The number of para-hydroxylation sites is 4. The van der Waals surface area contributed by atoms with Crippen molar-refractivity contribution < 1.29 is 28.7 Å². The largest absolute Gasteiger partial charge is 0.461 e. The molecule has 0 spiro atoms. The van der Waals surface area contributed by atoms with E-state index in [-0.39, 0.29) is 30.2 Å². The van der Waals surface area contributed by atoms with Crippen LogP contribution in [0.1, 0.15) is 113 Å². The fourth-order valence-corrected chi connectivity index (χ4v) is 9.25. The van der Waals surface area contributed by atoms with Crippen LogP contribution in [0.25, 0.3) is 90.4 Å². The molecule has 14 nitrogen and oxygen atoms in total. The van der Waals surface area contributed by atoms with E-state index in [1.54, 1.807) is 0 Å². The summed E-state index contributed by atoms with van der Waals surface area (Å²) in [6.45, 7) is 23.5. The molecule has 0 atom stereocenters. The molecule has 2 aliphatic rings. The van der Waals surface area contributed by atoms with Crippen molar-refractivity contribution in [3.05, 3.63) is 144 Å². The zero-order valence-electron chi connectivity index (χ0n) is 48.3. The molecule has 0 saturated heterocycles. The highest BCUT2D eigenvalue weighted by molar-refractivity contribution is 6.09. The minimum absolute atomic E-state index is 0.177. The molecule has 0 aliphatic carbocycles. The number of ether oxygens (including phenoxy) is 1. The first-order valence-corrected chi connectivity index (χ1v) is 27.1. The minimum atomic E-state index is -0.760. The van der Waals surface area contributed by atoms with E-state index in [2.05, 4.69) is 31.2 Å². The number of nitrogens with zero attached hydrogens (tertiary/aromatic N) is 2. The summed E-state index contributed by atoms with van der Waals surface area (Å²) in [7, 11) is 0. The third-order valence-electron chi connectivity index (χ3n) is 13.9. The third kappa shape index (κ3) is 12.1. The first-order chi connectivity index (χ1) is 38.2. The lowest BCUT2D eigenvalue weighted by Gasteiger charge is -2.20. The molecule has 3 aromatic heterocycles. The van der Waals surface area contributed by atoms with Crippen LogP contribution in [0.4, 0.5) is 22.7 Å². The number of esters is 1. The zero-order chi connectivity index (χ0) is 58.3. The Morgan fingerprint density at radius 2 is 0.704 bits per heavy atom. The molecule has 5 heterocycles. The lowest BCUT2D eigenvalue weighted by atomic mass is 9.94. The van der Waals surface area contributed by atoms with E-state index in [4.69, 9.17) is 14.7 Å². The number of aromatic nitrogens is 4. The van der Waals surface area contributed by atoms with Crippen LogP contribution in [-0.4, -0.2) is 56.1 Å². The summed E-state index contributed by atoms with van der Waals surface area (Å²) in [6, 6.07) is 38.1. The molecule has 0 saturated carbocycles. The third-order valence-corrected chi connectivity index (χ3v) is 13.9. The molecule has 0 fully saturated rings. The van der Waals surface area contributed by atoms with Gasteiger partial charge in [-0.2, -0.15) is 0 Å². The second-order valence-electron chi connectivity index (χ2n) is 24.6. The predicted octanol–water partition coefficient (Wildman–Crippen LogP) is 15.2. The Morgan fingerprint density at radius 3 is 1.02 bits per heavy atom. The molecular weight excluding hydrogens is 1010 g/mol. The molecule has 0 unspecified atom stereocenters. The van der Waals surface area contributed by atoms with Gasteiger partial charge in [0.15, 0.2) is 0 Å². The number of fused-ring (bicyclic) bond motifs is 8. The van der Waals surface area contributed by atoms with Crippen molar-refractivity contribution in [3.63, 3.8) is 0 Å². The van der Waals surface area contributed by atoms with Crippen molar-refractivity contribution in [1.82, 2.24) is 19.9 Å². The number of benzene rings is 4. The van der Waals surface area contributed by atoms with Gasteiger partial charge >= 0.3 is 5.97 Å². The van der Waals surface area contributed by atoms with Gasteiger partial charge in [0.05, 0.1) is 22.8 Å². The smallest absolute Gasteiger partial charge is 0.302 e. The number of nitrogens with one attached hydrogen (secondary N) is 6. The highest BCUT2D eigenvalue weighted by atomic mass is 16.5. The quantitative estimate of drug-likeness (QED) is 0.0727. The average Bonchev–Trinajstić information content (AvgIpc) is 4.36. The fourth-order valence-electron chi connectivity index (χ4n) is 9.25. The molecule has 2 aliphatic heterocycles. The molecule has 0 radical (unpaired) electrons. The van der Waals surface area contributed by atoms with Crippen LogP contribution in [0.2, 0.25) is 0 Å². The van der Waals surface area contributed by atoms with Crippen LogP contribution >= 0.6 is 0 Å². The van der Waals surface area contributed by atoms with E-state index in [0.717, 1.165) is 0 Å². The van der Waals surface area contributed by atoms with Gasteiger partial charge in [0.25, 0.3) is 0 Å². The van der Waals surface area contributed by atoms with Crippen molar-refractivity contribution in [1.29, 1.82) is 0 Å². The minimum Gasteiger partial charge on any atom is -0.461 e. The van der Waals surface area contributed by atoms with E-state index in [9.17, 15) is 24.0 Å². The fraction of sp³-hybridized carbons (Fsp3) is 0.269. The molecule has 4 aromatic carbocycles. The van der Waals surface area contributed by atoms with Crippen LogP contribution in [0, 0.1) is 21.7 Å². The van der Waals surface area contributed by atoms with E-state index >= 15 is 0 Å². The summed E-state index contributed by atoms with van der Waals surface area (Å²) in [5.41, 5.74) is 9.33. The first-order valence-electron chi connectivity index (χ1n) is 27.1. The number of anilines is 4. The van der Waals surface area contributed by atoms with Gasteiger partial charge in [0.2, 0.25) is 23.6 Å². The number of hydrogen-bond acceptors (Lipinski definition) is 8. The molecule has 8 bridgehead atoms. The zero-order valence-corrected chi connectivity index (χ0v) is 48.3. The lowest BCUT2D eigenvalue weighted by Crippen LogP contribution is -2.27. The van der Waals surface area contributed by atoms with Gasteiger partial charge in [0, 0.05) is 123 Å². The maximum absolute atomic E-state index is 14.0. The molecular formula is C67H70N8O6. The van der Waals surface area contributed by atoms with Crippen molar-refractivity contribution in [3.8, 4) is 44.5 Å². The van der Waals surface area contributed by atoms with Crippen molar-refractivity contribution in [2.24, 2.45) is 21.7 Å². The number of hydrogen-bond donors (Lipinski definition) is 6. The Balaban J connectivity index is 1.52. The van der Waals surface area contributed by atoms with Crippen LogP contribution < -0.4 is 21.3 Å². The Labute approximate surface area is 473 Å². The molecule has 9 rings (SSSR count). The van der Waals surface area contributed by atoms with Crippen LogP contribution in [-0.2, 0) is 28.7 Å². The summed E-state index contributed by atoms with van der Waals surface area (Å²) >= 11 is 0. The Bertz CT molecular complexity index is 3940. The van der Waals surface area contributed by atoms with Crippen LogP contribution in [0.15, 0.2) is 121 Å². The van der Waals surface area contributed by atoms with Gasteiger partial charge in [-0.15, -0.1) is 0 Å². The average molecular weight is 1080 g/mol. The molecule has 7 aromatic rings. The topological polar surface area (TPSA) is 200 Å². The van der Waals surface area contributed by atoms with Gasteiger partial charge in [-0.3, -0.25) is 24.0 Å². The van der Waals surface area contributed by atoms with Gasteiger partial charge in [-0.05, 0) is 66.8 Å². The number of carbonyl (C=O) groups excluding carboxylic acids is 5. The molecule has 81 heavy (non-hydrogen) atoms. The van der Waals surface area contributed by atoms with Crippen molar-refractivity contribution in [2.45, 2.75) is 90.0 Å². The molecule has 14 heteroatoms. The normalized spacial score (nSPS) is 12.6. The maximum atomic E-state index is 14.0. The summed E-state index contributed by atoms with van der Waals surface area (Å²) < 4.78 is 5.88. The maximum Gasteiger partial charge on any atom is 0.302 e. The number of H-pyrrole nitrogens is 2. The first kappa shape index (κ1) is 56.5. The highest BCUT2D eigenvalue weighted by Crippen LogP contribution is 2.45. The lowest BCUT2D eigenvalue weighted by molar-refractivity contribution is -0.139. The van der Waals surface area contributed by atoms with Crippen LogP contribution in [0.5, 0.6) is 0 Å². The monoisotopic (exact) mass is 1080 g/mol. The summed E-state index contributed by atoms with van der Waals surface area (Å²) in [6.07, 6.45) is 5.79. The summed E-state index contributed by atoms with van der Waals surface area (Å²) in [5.74, 6) is -1.28.